The van der Waals surface area contributed by atoms with Crippen molar-refractivity contribution in [2.45, 2.75) is 44.0 Å². The average Bonchev–Trinajstić information content (AvgIpc) is 2.74. The van der Waals surface area contributed by atoms with Crippen molar-refractivity contribution in [2.24, 2.45) is 4.99 Å². The van der Waals surface area contributed by atoms with Gasteiger partial charge in [-0.15, -0.1) is 24.0 Å². The lowest BCUT2D eigenvalue weighted by atomic mass is 10.0. The molecule has 2 aromatic carbocycles. The van der Waals surface area contributed by atoms with Crippen LogP contribution in [0.3, 0.4) is 0 Å². The molecule has 0 amide bonds. The molecule has 32 heavy (non-hydrogen) atoms. The summed E-state index contributed by atoms with van der Waals surface area (Å²) in [7, 11) is -3.16. The fourth-order valence-corrected chi connectivity index (χ4v) is 4.43. The summed E-state index contributed by atoms with van der Waals surface area (Å²) in [6.07, 6.45) is 4.27. The second-order valence-electron chi connectivity index (χ2n) is 8.19. The van der Waals surface area contributed by atoms with Gasteiger partial charge in [0.05, 0.1) is 4.90 Å². The molecule has 3 rings (SSSR count). The third-order valence-corrected chi connectivity index (χ3v) is 6.66. The summed E-state index contributed by atoms with van der Waals surface area (Å²) in [4.78, 5) is 7.53. The van der Waals surface area contributed by atoms with Crippen molar-refractivity contribution in [3.63, 3.8) is 0 Å². The third-order valence-electron chi connectivity index (χ3n) is 5.53. The lowest BCUT2D eigenvalue weighted by Gasteiger charge is -2.35. The fraction of sp³-hybridized carbons (Fsp3) is 0.458. The normalized spacial score (nSPS) is 16.9. The minimum Gasteiger partial charge on any atom is -0.369 e. The molecule has 1 aliphatic heterocycles. The van der Waals surface area contributed by atoms with Gasteiger partial charge in [-0.1, -0.05) is 29.8 Å². The van der Waals surface area contributed by atoms with Crippen LogP contribution in [-0.4, -0.2) is 52.9 Å². The Hall–Kier alpha value is -1.81. The summed E-state index contributed by atoms with van der Waals surface area (Å²) in [5.41, 5.74) is 3.63. The summed E-state index contributed by atoms with van der Waals surface area (Å²) in [5, 5.41) is 6.95. The predicted octanol–water partition coefficient (Wildman–Crippen LogP) is 3.78. The van der Waals surface area contributed by atoms with Gasteiger partial charge in [0, 0.05) is 44.2 Å². The highest BCUT2D eigenvalue weighted by molar-refractivity contribution is 14.0. The van der Waals surface area contributed by atoms with E-state index in [0.29, 0.717) is 17.5 Å². The molecule has 0 bridgehead atoms. The molecule has 1 unspecified atom stereocenters. The van der Waals surface area contributed by atoms with Crippen molar-refractivity contribution >= 4 is 45.5 Å². The Morgan fingerprint density at radius 2 is 1.81 bits per heavy atom. The number of aliphatic imine (C=N–C) groups is 1. The second kappa shape index (κ2) is 12.4. The van der Waals surface area contributed by atoms with E-state index in [1.807, 2.05) is 12.1 Å². The van der Waals surface area contributed by atoms with Gasteiger partial charge < -0.3 is 15.5 Å². The van der Waals surface area contributed by atoms with Crippen LogP contribution in [0, 0.1) is 6.92 Å². The minimum absolute atomic E-state index is 0. The lowest BCUT2D eigenvalue weighted by molar-refractivity contribution is 0.468. The zero-order chi connectivity index (χ0) is 22.3. The number of hydrogen-bond acceptors (Lipinski definition) is 4. The number of hydrogen-bond donors (Lipinski definition) is 2. The quantitative estimate of drug-likeness (QED) is 0.301. The maximum atomic E-state index is 11.6. The zero-order valence-electron chi connectivity index (χ0n) is 19.2. The molecule has 0 radical (unpaired) electrons. The highest BCUT2D eigenvalue weighted by atomic mass is 127. The second-order valence-corrected chi connectivity index (χ2v) is 10.2. The van der Waals surface area contributed by atoms with Crippen LogP contribution in [-0.2, 0) is 16.3 Å². The number of nitrogens with zero attached hydrogens (tertiary/aromatic N) is 2. The van der Waals surface area contributed by atoms with Crippen molar-refractivity contribution in [3.05, 3.63) is 59.7 Å². The Balaban J connectivity index is 0.00000363. The van der Waals surface area contributed by atoms with Gasteiger partial charge >= 0.3 is 0 Å². The maximum absolute atomic E-state index is 11.6. The van der Waals surface area contributed by atoms with Crippen LogP contribution in [0.1, 0.15) is 30.9 Å². The van der Waals surface area contributed by atoms with E-state index in [9.17, 15) is 8.42 Å². The third kappa shape index (κ3) is 7.95. The molecule has 6 nitrogen and oxygen atoms in total. The van der Waals surface area contributed by atoms with Gasteiger partial charge in [-0.05, 0) is 62.9 Å². The summed E-state index contributed by atoms with van der Waals surface area (Å²) in [5.74, 6) is 0.839. The van der Waals surface area contributed by atoms with Crippen molar-refractivity contribution in [1.82, 2.24) is 10.6 Å². The minimum atomic E-state index is -3.16. The largest absolute Gasteiger partial charge is 0.369 e. The van der Waals surface area contributed by atoms with E-state index in [-0.39, 0.29) is 24.0 Å². The van der Waals surface area contributed by atoms with Crippen LogP contribution in [0.25, 0.3) is 0 Å². The summed E-state index contributed by atoms with van der Waals surface area (Å²) >= 11 is 0. The molecular weight excluding hydrogens is 535 g/mol. The molecule has 1 aliphatic rings. The summed E-state index contributed by atoms with van der Waals surface area (Å²) in [6, 6.07) is 16.2. The first-order chi connectivity index (χ1) is 14.8. The Kier molecular flexibility index (Phi) is 10.3. The summed E-state index contributed by atoms with van der Waals surface area (Å²) in [6.45, 7) is 7.67. The molecule has 0 aromatic heterocycles. The molecule has 1 heterocycles. The Bertz CT molecular complexity index is 976. The Morgan fingerprint density at radius 3 is 2.44 bits per heavy atom. The number of halogens is 1. The number of piperidine rings is 1. The molecule has 176 valence electrons. The maximum Gasteiger partial charge on any atom is 0.191 e. The van der Waals surface area contributed by atoms with Gasteiger partial charge in [-0.25, -0.2) is 8.42 Å². The van der Waals surface area contributed by atoms with E-state index >= 15 is 0 Å². The number of sulfone groups is 1. The van der Waals surface area contributed by atoms with E-state index in [0.717, 1.165) is 50.4 Å². The monoisotopic (exact) mass is 570 g/mol. The number of nitrogens with one attached hydrogen (secondary N) is 2. The molecule has 2 aromatic rings. The molecule has 8 heteroatoms. The van der Waals surface area contributed by atoms with Crippen molar-refractivity contribution in [3.8, 4) is 0 Å². The van der Waals surface area contributed by atoms with E-state index in [1.165, 1.54) is 17.5 Å². The summed E-state index contributed by atoms with van der Waals surface area (Å²) < 4.78 is 23.2. The van der Waals surface area contributed by atoms with Crippen LogP contribution >= 0.6 is 24.0 Å². The highest BCUT2D eigenvalue weighted by Gasteiger charge is 2.21. The van der Waals surface area contributed by atoms with E-state index < -0.39 is 9.84 Å². The Labute approximate surface area is 209 Å². The Morgan fingerprint density at radius 1 is 1.12 bits per heavy atom. The van der Waals surface area contributed by atoms with Crippen LogP contribution in [0.2, 0.25) is 0 Å². The average molecular weight is 571 g/mol. The first kappa shape index (κ1) is 26.4. The van der Waals surface area contributed by atoms with E-state index in [4.69, 9.17) is 4.99 Å². The SMILES string of the molecule is CCNC(=NCCc1ccc(S(C)(=O)=O)cc1)NC1CCCN(c2ccc(C)cc2)C1.I. The van der Waals surface area contributed by atoms with Gasteiger partial charge in [0.15, 0.2) is 15.8 Å². The molecule has 0 spiro atoms. The smallest absolute Gasteiger partial charge is 0.191 e. The van der Waals surface area contributed by atoms with Gasteiger partial charge in [0.25, 0.3) is 0 Å². The molecule has 1 saturated heterocycles. The van der Waals surface area contributed by atoms with Gasteiger partial charge in [0.1, 0.15) is 0 Å². The number of aryl methyl sites for hydroxylation is 1. The highest BCUT2D eigenvalue weighted by Crippen LogP contribution is 2.20. The van der Waals surface area contributed by atoms with Gasteiger partial charge in [-0.3, -0.25) is 4.99 Å². The predicted molar refractivity (Wildman–Crippen MR) is 144 cm³/mol. The van der Waals surface area contributed by atoms with Crippen LogP contribution in [0.4, 0.5) is 5.69 Å². The van der Waals surface area contributed by atoms with Crippen LogP contribution in [0.5, 0.6) is 0 Å². The lowest BCUT2D eigenvalue weighted by Crippen LogP contribution is -2.51. The molecule has 1 atom stereocenters. The molecule has 0 saturated carbocycles. The number of guanidine groups is 1. The van der Waals surface area contributed by atoms with Crippen molar-refractivity contribution in [2.75, 3.05) is 37.3 Å². The van der Waals surface area contributed by atoms with Gasteiger partial charge in [0.2, 0.25) is 0 Å². The van der Waals surface area contributed by atoms with E-state index in [2.05, 4.69) is 53.6 Å². The standard InChI is InChI=1S/C24H34N4O2S.HI/c1-4-25-24(26-16-15-20-9-13-23(14-10-20)31(3,29)30)27-21-6-5-17-28(18-21)22-11-7-19(2)8-12-22;/h7-14,21H,4-6,15-18H2,1-3H3,(H2,25,26,27);1H. The van der Waals surface area contributed by atoms with Gasteiger partial charge in [-0.2, -0.15) is 0 Å². The zero-order valence-corrected chi connectivity index (χ0v) is 22.3. The number of rotatable bonds is 7. The molecule has 1 fully saturated rings. The number of benzene rings is 2. The molecule has 0 aliphatic carbocycles. The van der Waals surface area contributed by atoms with Crippen LogP contribution < -0.4 is 15.5 Å². The molecular formula is C24H35IN4O2S. The number of anilines is 1. The fourth-order valence-electron chi connectivity index (χ4n) is 3.80. The van der Waals surface area contributed by atoms with Crippen molar-refractivity contribution < 1.29 is 8.42 Å². The first-order valence-electron chi connectivity index (χ1n) is 11.0. The van der Waals surface area contributed by atoms with Crippen LogP contribution in [0.15, 0.2) is 58.4 Å². The first-order valence-corrected chi connectivity index (χ1v) is 12.9. The molecule has 2 N–H and O–H groups in total. The topological polar surface area (TPSA) is 73.8 Å². The van der Waals surface area contributed by atoms with E-state index in [1.54, 1.807) is 12.1 Å². The van der Waals surface area contributed by atoms with Crippen molar-refractivity contribution in [1.29, 1.82) is 0 Å².